The fourth-order valence-electron chi connectivity index (χ4n) is 3.52. The monoisotopic (exact) mass is 240 g/mol. The van der Waals surface area contributed by atoms with Gasteiger partial charge >= 0.3 is 0 Å². The smallest absolute Gasteiger partial charge is 0.0940 e. The molecular formula is C14H24O3. The Morgan fingerprint density at radius 1 is 1.24 bits per heavy atom. The number of hydrogen-bond acceptors (Lipinski definition) is 3. The van der Waals surface area contributed by atoms with E-state index in [1.54, 1.807) is 0 Å². The first-order valence-corrected chi connectivity index (χ1v) is 7.17. The molecule has 3 aliphatic rings. The SMILES string of the molecule is OC(CC1CCC1)C1CCOC2(CCOC2)C1. The topological polar surface area (TPSA) is 38.7 Å². The van der Waals surface area contributed by atoms with Gasteiger partial charge in [0, 0.05) is 19.6 Å². The molecular weight excluding hydrogens is 216 g/mol. The summed E-state index contributed by atoms with van der Waals surface area (Å²) in [5.41, 5.74) is -0.0521. The van der Waals surface area contributed by atoms with Crippen molar-refractivity contribution >= 4 is 0 Å². The lowest BCUT2D eigenvalue weighted by atomic mass is 9.75. The van der Waals surface area contributed by atoms with Crippen molar-refractivity contribution in [1.29, 1.82) is 0 Å². The predicted octanol–water partition coefficient (Wildman–Crippen LogP) is 2.12. The molecule has 98 valence electrons. The molecule has 3 rings (SSSR count). The van der Waals surface area contributed by atoms with Crippen molar-refractivity contribution in [3.63, 3.8) is 0 Å². The number of rotatable bonds is 3. The zero-order chi connectivity index (χ0) is 11.7. The van der Waals surface area contributed by atoms with E-state index in [0.717, 1.165) is 51.4 Å². The van der Waals surface area contributed by atoms with E-state index >= 15 is 0 Å². The maximum atomic E-state index is 10.4. The molecule has 3 heteroatoms. The van der Waals surface area contributed by atoms with Crippen molar-refractivity contribution < 1.29 is 14.6 Å². The normalized spacial score (nSPS) is 40.4. The first-order valence-electron chi connectivity index (χ1n) is 7.17. The second-order valence-corrected chi connectivity index (χ2v) is 6.19. The number of ether oxygens (including phenoxy) is 2. The summed E-state index contributed by atoms with van der Waals surface area (Å²) in [6.45, 7) is 2.36. The first kappa shape index (κ1) is 11.9. The third kappa shape index (κ3) is 2.51. The maximum Gasteiger partial charge on any atom is 0.0940 e. The van der Waals surface area contributed by atoms with Crippen LogP contribution in [-0.4, -0.2) is 36.6 Å². The zero-order valence-corrected chi connectivity index (χ0v) is 10.6. The van der Waals surface area contributed by atoms with Crippen LogP contribution in [0.4, 0.5) is 0 Å². The molecule has 0 bridgehead atoms. The van der Waals surface area contributed by atoms with E-state index < -0.39 is 0 Å². The fourth-order valence-corrected chi connectivity index (χ4v) is 3.52. The van der Waals surface area contributed by atoms with Gasteiger partial charge < -0.3 is 14.6 Å². The molecule has 1 aliphatic carbocycles. The van der Waals surface area contributed by atoms with Crippen molar-refractivity contribution in [2.75, 3.05) is 19.8 Å². The Kier molecular flexibility index (Phi) is 3.42. The summed E-state index contributed by atoms with van der Waals surface area (Å²) in [4.78, 5) is 0. The van der Waals surface area contributed by atoms with Crippen molar-refractivity contribution in [2.24, 2.45) is 11.8 Å². The van der Waals surface area contributed by atoms with Crippen LogP contribution in [0.3, 0.4) is 0 Å². The molecule has 2 aliphatic heterocycles. The van der Waals surface area contributed by atoms with Gasteiger partial charge in [-0.2, -0.15) is 0 Å². The highest BCUT2D eigenvalue weighted by molar-refractivity contribution is 4.92. The highest BCUT2D eigenvalue weighted by atomic mass is 16.6. The van der Waals surface area contributed by atoms with E-state index in [1.807, 2.05) is 0 Å². The van der Waals surface area contributed by atoms with E-state index in [0.29, 0.717) is 5.92 Å². The molecule has 3 atom stereocenters. The van der Waals surface area contributed by atoms with Gasteiger partial charge in [-0.25, -0.2) is 0 Å². The lowest BCUT2D eigenvalue weighted by molar-refractivity contribution is -0.119. The van der Waals surface area contributed by atoms with Gasteiger partial charge in [0.2, 0.25) is 0 Å². The van der Waals surface area contributed by atoms with E-state index in [2.05, 4.69) is 0 Å². The average molecular weight is 240 g/mol. The van der Waals surface area contributed by atoms with Crippen LogP contribution in [0.15, 0.2) is 0 Å². The van der Waals surface area contributed by atoms with Crippen LogP contribution in [0.5, 0.6) is 0 Å². The summed E-state index contributed by atoms with van der Waals surface area (Å²) >= 11 is 0. The van der Waals surface area contributed by atoms with Gasteiger partial charge in [-0.3, -0.25) is 0 Å². The molecule has 0 amide bonds. The molecule has 0 aromatic carbocycles. The third-order valence-corrected chi connectivity index (χ3v) is 4.94. The van der Waals surface area contributed by atoms with Crippen molar-refractivity contribution in [3.8, 4) is 0 Å². The molecule has 2 saturated heterocycles. The lowest BCUT2D eigenvalue weighted by Crippen LogP contribution is -2.44. The highest BCUT2D eigenvalue weighted by Crippen LogP contribution is 2.40. The van der Waals surface area contributed by atoms with E-state index in [4.69, 9.17) is 9.47 Å². The highest BCUT2D eigenvalue weighted by Gasteiger charge is 2.43. The first-order chi connectivity index (χ1) is 8.27. The van der Waals surface area contributed by atoms with Crippen LogP contribution in [-0.2, 0) is 9.47 Å². The van der Waals surface area contributed by atoms with Gasteiger partial charge in [0.1, 0.15) is 0 Å². The molecule has 3 nitrogen and oxygen atoms in total. The summed E-state index contributed by atoms with van der Waals surface area (Å²) < 4.78 is 11.4. The molecule has 1 saturated carbocycles. The molecule has 0 radical (unpaired) electrons. The summed E-state index contributed by atoms with van der Waals surface area (Å²) in [5.74, 6) is 1.23. The number of aliphatic hydroxyl groups is 1. The average Bonchev–Trinajstić information content (AvgIpc) is 2.71. The minimum Gasteiger partial charge on any atom is -0.393 e. The maximum absolute atomic E-state index is 10.4. The van der Waals surface area contributed by atoms with Crippen LogP contribution in [0.2, 0.25) is 0 Å². The summed E-state index contributed by atoms with van der Waals surface area (Å²) in [5, 5.41) is 10.4. The Morgan fingerprint density at radius 2 is 2.12 bits per heavy atom. The van der Waals surface area contributed by atoms with E-state index in [9.17, 15) is 5.11 Å². The van der Waals surface area contributed by atoms with Gasteiger partial charge in [-0.1, -0.05) is 19.3 Å². The summed E-state index contributed by atoms with van der Waals surface area (Å²) in [6, 6.07) is 0. The largest absolute Gasteiger partial charge is 0.393 e. The van der Waals surface area contributed by atoms with Crippen LogP contribution in [0.25, 0.3) is 0 Å². The van der Waals surface area contributed by atoms with Crippen molar-refractivity contribution in [3.05, 3.63) is 0 Å². The Hall–Kier alpha value is -0.120. The second-order valence-electron chi connectivity index (χ2n) is 6.19. The standard InChI is InChI=1S/C14H24O3/c15-13(8-11-2-1-3-11)12-4-6-17-14(9-12)5-7-16-10-14/h11-13,15H,1-10H2. The van der Waals surface area contributed by atoms with Crippen LogP contribution in [0, 0.1) is 11.8 Å². The van der Waals surface area contributed by atoms with Crippen molar-refractivity contribution in [1.82, 2.24) is 0 Å². The van der Waals surface area contributed by atoms with Gasteiger partial charge in [0.05, 0.1) is 18.3 Å². The van der Waals surface area contributed by atoms with Gasteiger partial charge in [-0.15, -0.1) is 0 Å². The number of aliphatic hydroxyl groups excluding tert-OH is 1. The predicted molar refractivity (Wildman–Crippen MR) is 64.8 cm³/mol. The Morgan fingerprint density at radius 3 is 2.76 bits per heavy atom. The molecule has 2 heterocycles. The number of hydrogen-bond donors (Lipinski definition) is 1. The van der Waals surface area contributed by atoms with E-state index in [-0.39, 0.29) is 11.7 Å². The Bertz CT molecular complexity index is 256. The van der Waals surface area contributed by atoms with Crippen molar-refractivity contribution in [2.45, 2.75) is 56.7 Å². The fraction of sp³-hybridized carbons (Fsp3) is 1.00. The van der Waals surface area contributed by atoms with Crippen LogP contribution < -0.4 is 0 Å². The molecule has 1 spiro atoms. The summed E-state index contributed by atoms with van der Waals surface area (Å²) in [6.07, 6.45) is 7.96. The summed E-state index contributed by atoms with van der Waals surface area (Å²) in [7, 11) is 0. The molecule has 1 N–H and O–H groups in total. The Labute approximate surface area is 103 Å². The quantitative estimate of drug-likeness (QED) is 0.821. The van der Waals surface area contributed by atoms with Gasteiger partial charge in [0.15, 0.2) is 0 Å². The second kappa shape index (κ2) is 4.87. The molecule has 0 aromatic rings. The molecule has 0 aromatic heterocycles. The van der Waals surface area contributed by atoms with Crippen LogP contribution >= 0.6 is 0 Å². The van der Waals surface area contributed by atoms with Gasteiger partial charge in [0.25, 0.3) is 0 Å². The van der Waals surface area contributed by atoms with Gasteiger partial charge in [-0.05, 0) is 31.1 Å². The van der Waals surface area contributed by atoms with E-state index in [1.165, 1.54) is 19.3 Å². The molecule has 17 heavy (non-hydrogen) atoms. The minimum atomic E-state index is -0.110. The third-order valence-electron chi connectivity index (χ3n) is 4.94. The zero-order valence-electron chi connectivity index (χ0n) is 10.6. The molecule has 3 unspecified atom stereocenters. The lowest BCUT2D eigenvalue weighted by Gasteiger charge is -2.40. The molecule has 3 fully saturated rings. The minimum absolute atomic E-state index is 0.0521. The van der Waals surface area contributed by atoms with Crippen LogP contribution in [0.1, 0.15) is 44.9 Å². The Balaban J connectivity index is 1.55.